The number of hydrogen-bond donors (Lipinski definition) is 0. The second-order valence-corrected chi connectivity index (χ2v) is 2.61. The quantitative estimate of drug-likeness (QED) is 0.500. The van der Waals surface area contributed by atoms with Crippen LogP contribution in [0.3, 0.4) is 0 Å². The summed E-state index contributed by atoms with van der Waals surface area (Å²) in [6.45, 7) is 2.38. The second kappa shape index (κ2) is 4.39. The van der Waals surface area contributed by atoms with Gasteiger partial charge in [0.15, 0.2) is 0 Å². The highest BCUT2D eigenvalue weighted by Gasteiger charge is 1.97. The Kier molecular flexibility index (Phi) is 3.19. The van der Waals surface area contributed by atoms with E-state index in [4.69, 9.17) is 0 Å². The van der Waals surface area contributed by atoms with Crippen molar-refractivity contribution in [2.24, 2.45) is 0 Å². The van der Waals surface area contributed by atoms with Gasteiger partial charge in [-0.3, -0.25) is 0 Å². The van der Waals surface area contributed by atoms with Gasteiger partial charge in [-0.15, -0.1) is 5.10 Å². The van der Waals surface area contributed by atoms with Crippen LogP contribution in [-0.4, -0.2) is 28.1 Å². The number of carbonyl (C=O) groups is 1. The van der Waals surface area contributed by atoms with Gasteiger partial charge in [0.1, 0.15) is 0 Å². The van der Waals surface area contributed by atoms with E-state index in [1.165, 1.54) is 13.2 Å². The van der Waals surface area contributed by atoms with Crippen molar-refractivity contribution in [2.75, 3.05) is 7.11 Å². The molecular formula is C8H11N3O2. The number of hydrogen-bond acceptors (Lipinski definition) is 4. The molecule has 1 rings (SSSR count). The summed E-state index contributed by atoms with van der Waals surface area (Å²) in [7, 11) is 1.35. The second-order valence-electron chi connectivity index (χ2n) is 2.61. The molecule has 1 aromatic rings. The number of carbonyl (C=O) groups excluding carboxylic acids is 1. The van der Waals surface area contributed by atoms with Crippen LogP contribution in [0.2, 0.25) is 0 Å². The lowest BCUT2D eigenvalue weighted by atomic mass is 10.3. The van der Waals surface area contributed by atoms with E-state index in [0.717, 1.165) is 5.57 Å². The largest absolute Gasteiger partial charge is 0.466 e. The molecule has 0 saturated heterocycles. The third-order valence-electron chi connectivity index (χ3n) is 1.45. The molecule has 1 heterocycles. The minimum absolute atomic E-state index is 0.349. The van der Waals surface area contributed by atoms with Gasteiger partial charge in [-0.1, -0.05) is 5.21 Å². The van der Waals surface area contributed by atoms with Crippen LogP contribution in [0.15, 0.2) is 24.0 Å². The molecule has 0 aromatic carbocycles. The fourth-order valence-corrected chi connectivity index (χ4v) is 0.878. The normalized spacial score (nSPS) is 11.4. The molecule has 5 nitrogen and oxygen atoms in total. The van der Waals surface area contributed by atoms with Gasteiger partial charge in [-0.2, -0.15) is 0 Å². The Labute approximate surface area is 76.0 Å². The Morgan fingerprint density at radius 2 is 2.46 bits per heavy atom. The third kappa shape index (κ3) is 3.06. The fraction of sp³-hybridized carbons (Fsp3) is 0.375. The van der Waals surface area contributed by atoms with Crippen molar-refractivity contribution in [3.05, 3.63) is 24.0 Å². The molecule has 70 valence electrons. The highest BCUT2D eigenvalue weighted by molar-refractivity contribution is 5.82. The van der Waals surface area contributed by atoms with E-state index in [9.17, 15) is 4.79 Å². The van der Waals surface area contributed by atoms with E-state index in [1.807, 2.05) is 6.92 Å². The average molecular weight is 181 g/mol. The van der Waals surface area contributed by atoms with Crippen LogP contribution in [0.4, 0.5) is 0 Å². The van der Waals surface area contributed by atoms with Gasteiger partial charge in [0.25, 0.3) is 0 Å². The summed E-state index contributed by atoms with van der Waals surface area (Å²) in [4.78, 5) is 10.8. The summed E-state index contributed by atoms with van der Waals surface area (Å²) >= 11 is 0. The van der Waals surface area contributed by atoms with Crippen molar-refractivity contribution in [2.45, 2.75) is 13.5 Å². The number of esters is 1. The van der Waals surface area contributed by atoms with Crippen molar-refractivity contribution < 1.29 is 9.53 Å². The first kappa shape index (κ1) is 9.44. The lowest BCUT2D eigenvalue weighted by Gasteiger charge is -1.99. The number of rotatable bonds is 3. The Morgan fingerprint density at radius 3 is 3.00 bits per heavy atom. The first-order chi connectivity index (χ1) is 6.22. The van der Waals surface area contributed by atoms with E-state index in [0.29, 0.717) is 6.54 Å². The lowest BCUT2D eigenvalue weighted by molar-refractivity contribution is -0.134. The molecule has 0 spiro atoms. The Balaban J connectivity index is 2.55. The number of nitrogens with zero attached hydrogens (tertiary/aromatic N) is 3. The van der Waals surface area contributed by atoms with E-state index in [2.05, 4.69) is 15.0 Å². The molecule has 0 bridgehead atoms. The molecule has 0 unspecified atom stereocenters. The van der Waals surface area contributed by atoms with Crippen LogP contribution < -0.4 is 0 Å². The van der Waals surface area contributed by atoms with Gasteiger partial charge in [0.05, 0.1) is 19.9 Å². The van der Waals surface area contributed by atoms with Gasteiger partial charge in [0.2, 0.25) is 0 Å². The average Bonchev–Trinajstić information content (AvgIpc) is 2.56. The number of ether oxygens (including phenoxy) is 1. The molecule has 13 heavy (non-hydrogen) atoms. The van der Waals surface area contributed by atoms with Crippen molar-refractivity contribution in [3.63, 3.8) is 0 Å². The topological polar surface area (TPSA) is 57.0 Å². The zero-order chi connectivity index (χ0) is 9.68. The molecule has 0 amide bonds. The summed E-state index contributed by atoms with van der Waals surface area (Å²) in [6.07, 6.45) is 4.75. The summed E-state index contributed by atoms with van der Waals surface area (Å²) in [6, 6.07) is 0. The first-order valence-electron chi connectivity index (χ1n) is 3.81. The van der Waals surface area contributed by atoms with Crippen molar-refractivity contribution in [1.82, 2.24) is 15.0 Å². The molecule has 5 heteroatoms. The Bertz CT molecular complexity index is 303. The smallest absolute Gasteiger partial charge is 0.330 e. The Hall–Kier alpha value is -1.65. The molecule has 1 aromatic heterocycles. The molecular weight excluding hydrogens is 170 g/mol. The maximum Gasteiger partial charge on any atom is 0.330 e. The third-order valence-corrected chi connectivity index (χ3v) is 1.45. The summed E-state index contributed by atoms with van der Waals surface area (Å²) in [5, 5.41) is 7.41. The minimum Gasteiger partial charge on any atom is -0.466 e. The predicted molar refractivity (Wildman–Crippen MR) is 45.8 cm³/mol. The zero-order valence-electron chi connectivity index (χ0n) is 7.60. The minimum atomic E-state index is -0.349. The maximum absolute atomic E-state index is 10.8. The summed E-state index contributed by atoms with van der Waals surface area (Å²) in [5.74, 6) is -0.349. The number of aromatic nitrogens is 3. The molecule has 0 atom stereocenters. The summed E-state index contributed by atoms with van der Waals surface area (Å²) < 4.78 is 6.11. The molecule has 0 saturated carbocycles. The van der Waals surface area contributed by atoms with E-state index < -0.39 is 0 Å². The first-order valence-corrected chi connectivity index (χ1v) is 3.81. The van der Waals surface area contributed by atoms with Crippen LogP contribution >= 0.6 is 0 Å². The molecule has 0 fully saturated rings. The fourth-order valence-electron chi connectivity index (χ4n) is 0.878. The monoisotopic (exact) mass is 181 g/mol. The molecule has 0 aliphatic carbocycles. The van der Waals surface area contributed by atoms with Crippen LogP contribution in [0.1, 0.15) is 6.92 Å². The van der Waals surface area contributed by atoms with Crippen molar-refractivity contribution in [3.8, 4) is 0 Å². The van der Waals surface area contributed by atoms with Crippen molar-refractivity contribution >= 4 is 5.97 Å². The van der Waals surface area contributed by atoms with E-state index >= 15 is 0 Å². The van der Waals surface area contributed by atoms with E-state index in [-0.39, 0.29) is 5.97 Å². The Morgan fingerprint density at radius 1 is 1.69 bits per heavy atom. The SMILES string of the molecule is COC(=O)C=C(C)Cn1ccnn1. The van der Waals surface area contributed by atoms with Gasteiger partial charge >= 0.3 is 5.97 Å². The van der Waals surface area contributed by atoms with Crippen LogP contribution in [-0.2, 0) is 16.1 Å². The molecule has 0 N–H and O–H groups in total. The van der Waals surface area contributed by atoms with Gasteiger partial charge in [-0.05, 0) is 12.5 Å². The van der Waals surface area contributed by atoms with Crippen LogP contribution in [0, 0.1) is 0 Å². The van der Waals surface area contributed by atoms with Crippen LogP contribution in [0.25, 0.3) is 0 Å². The summed E-state index contributed by atoms with van der Waals surface area (Å²) in [5.41, 5.74) is 0.873. The highest BCUT2D eigenvalue weighted by atomic mass is 16.5. The number of methoxy groups -OCH3 is 1. The lowest BCUT2D eigenvalue weighted by Crippen LogP contribution is -2.03. The van der Waals surface area contributed by atoms with Gasteiger partial charge in [-0.25, -0.2) is 9.48 Å². The zero-order valence-corrected chi connectivity index (χ0v) is 7.60. The van der Waals surface area contributed by atoms with Gasteiger partial charge < -0.3 is 4.74 Å². The predicted octanol–water partition coefficient (Wildman–Crippen LogP) is 0.397. The van der Waals surface area contributed by atoms with Crippen LogP contribution in [0.5, 0.6) is 0 Å². The van der Waals surface area contributed by atoms with E-state index in [1.54, 1.807) is 17.1 Å². The van der Waals surface area contributed by atoms with Gasteiger partial charge in [0, 0.05) is 12.3 Å². The maximum atomic E-state index is 10.8. The highest BCUT2D eigenvalue weighted by Crippen LogP contribution is 1.97. The molecule has 0 radical (unpaired) electrons. The molecule has 0 aliphatic heterocycles. The standard InChI is InChI=1S/C8H11N3O2/c1-7(5-8(12)13-2)6-11-4-3-9-10-11/h3-5H,6H2,1-2H3. The number of allylic oxidation sites excluding steroid dienone is 1. The van der Waals surface area contributed by atoms with Crippen molar-refractivity contribution in [1.29, 1.82) is 0 Å². The molecule has 0 aliphatic rings.